The molecule has 0 spiro atoms. The van der Waals surface area contributed by atoms with E-state index in [1.54, 1.807) is 14.2 Å². The van der Waals surface area contributed by atoms with Gasteiger partial charge in [-0.1, -0.05) is 46.2 Å². The first-order chi connectivity index (χ1) is 11.1. The summed E-state index contributed by atoms with van der Waals surface area (Å²) in [6.07, 6.45) is -0.0556. The third-order valence-electron chi connectivity index (χ3n) is 2.49. The summed E-state index contributed by atoms with van der Waals surface area (Å²) in [6.45, 7) is 9.46. The maximum atomic E-state index is 8.62. The van der Waals surface area contributed by atoms with Gasteiger partial charge in [0.1, 0.15) is 18.0 Å². The lowest BCUT2D eigenvalue weighted by Gasteiger charge is -2.01. The van der Waals surface area contributed by atoms with Gasteiger partial charge in [-0.15, -0.1) is 0 Å². The maximum Gasteiger partial charge on any atom is 0.118 e. The van der Waals surface area contributed by atoms with Gasteiger partial charge >= 0.3 is 0 Å². The summed E-state index contributed by atoms with van der Waals surface area (Å²) in [5.74, 6) is 0.879. The summed E-state index contributed by atoms with van der Waals surface area (Å²) in [5, 5.41) is 17.2. The standard InChI is InChI=1S/C9H12O2.C4H8O3.C3H8.C2H6/c1-10-7-8-3-5-9(11-2)6-4-8;5-3-1-7-2-4(3)6;1-3-2;1-2/h3-6H,7H2,1-2H3;3-6H,1-2H2;3H2,1-2H3;1-2H3. The first-order valence-corrected chi connectivity index (χ1v) is 8.14. The van der Waals surface area contributed by atoms with Gasteiger partial charge in [-0.3, -0.25) is 0 Å². The topological polar surface area (TPSA) is 68.2 Å². The average molecular weight is 330 g/mol. The fourth-order valence-corrected chi connectivity index (χ4v) is 1.42. The summed E-state index contributed by atoms with van der Waals surface area (Å²) in [4.78, 5) is 0. The predicted octanol–water partition coefficient (Wildman–Crippen LogP) is 3.02. The van der Waals surface area contributed by atoms with Gasteiger partial charge in [0, 0.05) is 7.11 Å². The van der Waals surface area contributed by atoms with Crippen molar-refractivity contribution in [1.82, 2.24) is 0 Å². The Morgan fingerprint density at radius 3 is 1.70 bits per heavy atom. The van der Waals surface area contributed by atoms with Gasteiger partial charge in [-0.05, 0) is 17.7 Å². The van der Waals surface area contributed by atoms with Gasteiger partial charge in [0.25, 0.3) is 0 Å². The first kappa shape index (κ1) is 24.1. The highest BCUT2D eigenvalue weighted by Crippen LogP contribution is 2.11. The zero-order valence-electron chi connectivity index (χ0n) is 15.4. The maximum absolute atomic E-state index is 8.62. The largest absolute Gasteiger partial charge is 0.497 e. The van der Waals surface area contributed by atoms with E-state index in [0.29, 0.717) is 6.61 Å². The molecule has 0 radical (unpaired) electrons. The van der Waals surface area contributed by atoms with Crippen LogP contribution in [-0.2, 0) is 16.1 Å². The molecule has 0 saturated carbocycles. The van der Waals surface area contributed by atoms with Gasteiger partial charge in [0.05, 0.1) is 26.9 Å². The molecule has 0 aromatic heterocycles. The van der Waals surface area contributed by atoms with Crippen LogP contribution in [0.25, 0.3) is 0 Å². The van der Waals surface area contributed by atoms with Gasteiger partial charge in [0.15, 0.2) is 0 Å². The van der Waals surface area contributed by atoms with Crippen molar-refractivity contribution in [3.05, 3.63) is 29.8 Å². The zero-order chi connectivity index (χ0) is 18.1. The van der Waals surface area contributed by atoms with Gasteiger partial charge < -0.3 is 24.4 Å². The minimum absolute atomic E-state index is 0.279. The molecule has 2 rings (SSSR count). The van der Waals surface area contributed by atoms with Crippen molar-refractivity contribution in [2.45, 2.75) is 52.9 Å². The van der Waals surface area contributed by atoms with E-state index in [2.05, 4.69) is 18.6 Å². The van der Waals surface area contributed by atoms with E-state index in [1.165, 1.54) is 6.42 Å². The van der Waals surface area contributed by atoms with Crippen LogP contribution in [-0.4, -0.2) is 49.9 Å². The molecule has 23 heavy (non-hydrogen) atoms. The van der Waals surface area contributed by atoms with Crippen molar-refractivity contribution in [2.24, 2.45) is 0 Å². The van der Waals surface area contributed by atoms with E-state index in [0.717, 1.165) is 11.3 Å². The van der Waals surface area contributed by atoms with E-state index >= 15 is 0 Å². The molecular formula is C18H34O5. The van der Waals surface area contributed by atoms with Crippen LogP contribution in [0.3, 0.4) is 0 Å². The van der Waals surface area contributed by atoms with E-state index in [1.807, 2.05) is 38.1 Å². The molecule has 1 fully saturated rings. The van der Waals surface area contributed by atoms with Crippen molar-refractivity contribution >= 4 is 0 Å². The third kappa shape index (κ3) is 13.0. The van der Waals surface area contributed by atoms with Gasteiger partial charge in [-0.25, -0.2) is 0 Å². The van der Waals surface area contributed by atoms with Crippen LogP contribution in [0.4, 0.5) is 0 Å². The van der Waals surface area contributed by atoms with Crippen molar-refractivity contribution in [1.29, 1.82) is 0 Å². The molecule has 1 aliphatic rings. The molecule has 1 aliphatic heterocycles. The number of hydrogen-bond donors (Lipinski definition) is 2. The number of aliphatic hydroxyl groups excluding tert-OH is 2. The van der Waals surface area contributed by atoms with Crippen LogP contribution in [0.5, 0.6) is 5.75 Å². The average Bonchev–Trinajstić information content (AvgIpc) is 2.95. The lowest BCUT2D eigenvalue weighted by molar-refractivity contribution is 0.0572. The fraction of sp³-hybridized carbons (Fsp3) is 0.667. The Morgan fingerprint density at radius 1 is 1.00 bits per heavy atom. The zero-order valence-corrected chi connectivity index (χ0v) is 15.4. The number of benzene rings is 1. The molecule has 0 bridgehead atoms. The summed E-state index contributed by atoms with van der Waals surface area (Å²) >= 11 is 0. The number of methoxy groups -OCH3 is 2. The molecule has 1 saturated heterocycles. The second kappa shape index (κ2) is 17.2. The Morgan fingerprint density at radius 2 is 1.43 bits per heavy atom. The third-order valence-corrected chi connectivity index (χ3v) is 2.49. The van der Waals surface area contributed by atoms with Crippen LogP contribution in [0.2, 0.25) is 0 Å². The molecule has 136 valence electrons. The Bertz CT molecular complexity index is 332. The molecule has 1 heterocycles. The highest BCUT2D eigenvalue weighted by molar-refractivity contribution is 5.26. The summed E-state index contributed by atoms with van der Waals surface area (Å²) in [6, 6.07) is 7.83. The molecule has 1 aromatic rings. The van der Waals surface area contributed by atoms with Gasteiger partial charge in [0.2, 0.25) is 0 Å². The summed E-state index contributed by atoms with van der Waals surface area (Å²) < 4.78 is 14.6. The number of ether oxygens (including phenoxy) is 3. The summed E-state index contributed by atoms with van der Waals surface area (Å²) in [5.41, 5.74) is 1.16. The van der Waals surface area contributed by atoms with Crippen LogP contribution in [0, 0.1) is 0 Å². The second-order valence-electron chi connectivity index (χ2n) is 4.66. The smallest absolute Gasteiger partial charge is 0.118 e. The Kier molecular flexibility index (Phi) is 18.1. The minimum atomic E-state index is -0.653. The van der Waals surface area contributed by atoms with Crippen LogP contribution < -0.4 is 4.74 Å². The Balaban J connectivity index is 0. The quantitative estimate of drug-likeness (QED) is 0.891. The SMILES string of the molecule is CC.CCC.COCc1ccc(OC)cc1.OC1COCC1O. The van der Waals surface area contributed by atoms with Crippen molar-refractivity contribution in [2.75, 3.05) is 27.4 Å². The molecule has 2 unspecified atom stereocenters. The Hall–Kier alpha value is -1.14. The van der Waals surface area contributed by atoms with Crippen LogP contribution >= 0.6 is 0 Å². The first-order valence-electron chi connectivity index (χ1n) is 8.14. The van der Waals surface area contributed by atoms with E-state index < -0.39 is 12.2 Å². The minimum Gasteiger partial charge on any atom is -0.497 e. The highest BCUT2D eigenvalue weighted by atomic mass is 16.5. The second-order valence-corrected chi connectivity index (χ2v) is 4.66. The van der Waals surface area contributed by atoms with Crippen LogP contribution in [0.1, 0.15) is 39.7 Å². The molecular weight excluding hydrogens is 296 g/mol. The molecule has 2 atom stereocenters. The van der Waals surface area contributed by atoms with E-state index in [4.69, 9.17) is 19.7 Å². The molecule has 0 aliphatic carbocycles. The normalized spacial score (nSPS) is 18.4. The van der Waals surface area contributed by atoms with Crippen molar-refractivity contribution < 1.29 is 24.4 Å². The molecule has 5 nitrogen and oxygen atoms in total. The van der Waals surface area contributed by atoms with E-state index in [-0.39, 0.29) is 13.2 Å². The predicted molar refractivity (Wildman–Crippen MR) is 93.9 cm³/mol. The van der Waals surface area contributed by atoms with Crippen molar-refractivity contribution in [3.8, 4) is 5.75 Å². The number of aliphatic hydroxyl groups is 2. The molecule has 0 amide bonds. The van der Waals surface area contributed by atoms with Gasteiger partial charge in [-0.2, -0.15) is 0 Å². The lowest BCUT2D eigenvalue weighted by atomic mass is 10.2. The molecule has 5 heteroatoms. The van der Waals surface area contributed by atoms with E-state index in [9.17, 15) is 0 Å². The molecule has 2 N–H and O–H groups in total. The number of hydrogen-bond acceptors (Lipinski definition) is 5. The highest BCUT2D eigenvalue weighted by Gasteiger charge is 2.22. The Labute approximate surface area is 141 Å². The number of rotatable bonds is 3. The summed E-state index contributed by atoms with van der Waals surface area (Å²) in [7, 11) is 3.34. The lowest BCUT2D eigenvalue weighted by Crippen LogP contribution is -2.22. The fourth-order valence-electron chi connectivity index (χ4n) is 1.42. The molecule has 1 aromatic carbocycles. The monoisotopic (exact) mass is 330 g/mol. The van der Waals surface area contributed by atoms with Crippen molar-refractivity contribution in [3.63, 3.8) is 0 Å². The van der Waals surface area contributed by atoms with Crippen LogP contribution in [0.15, 0.2) is 24.3 Å².